The Morgan fingerprint density at radius 2 is 1.81 bits per heavy atom. The molecule has 0 aliphatic heterocycles. The van der Waals surface area contributed by atoms with Gasteiger partial charge in [-0.15, -0.1) is 0 Å². The van der Waals surface area contributed by atoms with E-state index in [0.29, 0.717) is 12.1 Å². The molecule has 0 unspecified atom stereocenters. The van der Waals surface area contributed by atoms with E-state index in [1.807, 2.05) is 13.8 Å². The first-order valence-corrected chi connectivity index (χ1v) is 9.96. The molecule has 0 spiro atoms. The summed E-state index contributed by atoms with van der Waals surface area (Å²) in [5, 5.41) is 11.8. The second-order valence-electron chi connectivity index (χ2n) is 6.07. The van der Waals surface area contributed by atoms with Crippen molar-refractivity contribution in [2.45, 2.75) is 32.2 Å². The lowest BCUT2D eigenvalue weighted by Gasteiger charge is -2.23. The lowest BCUT2D eigenvalue weighted by molar-refractivity contribution is -0.382. The Labute approximate surface area is 157 Å². The van der Waals surface area contributed by atoms with Crippen molar-refractivity contribution in [3.63, 3.8) is 0 Å². The summed E-state index contributed by atoms with van der Waals surface area (Å²) in [5.74, 6) is 0. The van der Waals surface area contributed by atoms with E-state index in [9.17, 15) is 18.5 Å². The SMILES string of the molecule is CCN(c1ccc2c(ncn2CC)c1[N+](=O)[O-])S(=O)(=O)c1ccc(C)cc1. The molecule has 0 saturated carbocycles. The molecule has 1 heterocycles. The molecule has 1 aromatic heterocycles. The van der Waals surface area contributed by atoms with Crippen LogP contribution in [0.15, 0.2) is 47.6 Å². The summed E-state index contributed by atoms with van der Waals surface area (Å²) in [7, 11) is -3.95. The molecule has 27 heavy (non-hydrogen) atoms. The maximum absolute atomic E-state index is 13.1. The van der Waals surface area contributed by atoms with Crippen LogP contribution in [0.1, 0.15) is 19.4 Å². The molecule has 3 aromatic rings. The van der Waals surface area contributed by atoms with E-state index < -0.39 is 14.9 Å². The van der Waals surface area contributed by atoms with Gasteiger partial charge in [0.05, 0.1) is 21.7 Å². The molecule has 142 valence electrons. The van der Waals surface area contributed by atoms with Crippen LogP contribution in [0.25, 0.3) is 11.0 Å². The van der Waals surface area contributed by atoms with Gasteiger partial charge in [-0.2, -0.15) is 0 Å². The minimum atomic E-state index is -3.95. The van der Waals surface area contributed by atoms with Crippen molar-refractivity contribution in [2.24, 2.45) is 0 Å². The van der Waals surface area contributed by atoms with Gasteiger partial charge in [-0.25, -0.2) is 13.4 Å². The van der Waals surface area contributed by atoms with Gasteiger partial charge in [0.25, 0.3) is 10.0 Å². The molecule has 0 amide bonds. The smallest absolute Gasteiger partial charge is 0.321 e. The number of nitro benzene ring substituents is 1. The van der Waals surface area contributed by atoms with Gasteiger partial charge < -0.3 is 4.57 Å². The third kappa shape index (κ3) is 3.14. The van der Waals surface area contributed by atoms with Crippen molar-refractivity contribution in [2.75, 3.05) is 10.8 Å². The Hall–Kier alpha value is -2.94. The third-order valence-corrected chi connectivity index (χ3v) is 6.34. The van der Waals surface area contributed by atoms with Crippen LogP contribution in [-0.2, 0) is 16.6 Å². The lowest BCUT2D eigenvalue weighted by Crippen LogP contribution is -2.31. The molecule has 0 bridgehead atoms. The zero-order valence-electron chi connectivity index (χ0n) is 15.3. The standard InChI is InChI=1S/C18H20N4O4S/c1-4-20-12-19-17-15(20)10-11-16(18(17)22(23)24)21(5-2)27(25,26)14-8-6-13(3)7-9-14/h6-12H,4-5H2,1-3H3. The Balaban J connectivity index is 2.23. The van der Waals surface area contributed by atoms with Crippen LogP contribution in [0.3, 0.4) is 0 Å². The van der Waals surface area contributed by atoms with E-state index in [4.69, 9.17) is 0 Å². The van der Waals surface area contributed by atoms with Crippen molar-refractivity contribution in [1.82, 2.24) is 9.55 Å². The first-order valence-electron chi connectivity index (χ1n) is 8.52. The molecule has 2 aromatic carbocycles. The van der Waals surface area contributed by atoms with Gasteiger partial charge in [0.2, 0.25) is 0 Å². The molecule has 9 heteroatoms. The molecule has 0 atom stereocenters. The Bertz CT molecular complexity index is 1100. The fourth-order valence-electron chi connectivity index (χ4n) is 3.05. The van der Waals surface area contributed by atoms with Gasteiger partial charge in [-0.05, 0) is 45.0 Å². The van der Waals surface area contributed by atoms with Crippen LogP contribution < -0.4 is 4.31 Å². The molecule has 0 fully saturated rings. The minimum absolute atomic E-state index is 0.0110. The molecule has 0 aliphatic carbocycles. The fraction of sp³-hybridized carbons (Fsp3) is 0.278. The van der Waals surface area contributed by atoms with Crippen LogP contribution in [-0.4, -0.2) is 29.4 Å². The zero-order valence-corrected chi connectivity index (χ0v) is 16.1. The van der Waals surface area contributed by atoms with Crippen LogP contribution in [0.5, 0.6) is 0 Å². The molecule has 0 aliphatic rings. The normalized spacial score (nSPS) is 11.7. The highest BCUT2D eigenvalue weighted by Crippen LogP contribution is 2.37. The quantitative estimate of drug-likeness (QED) is 0.475. The Morgan fingerprint density at radius 1 is 1.15 bits per heavy atom. The second kappa shape index (κ2) is 6.99. The van der Waals surface area contributed by atoms with Crippen molar-refractivity contribution in [3.05, 3.63) is 58.4 Å². The summed E-state index contributed by atoms with van der Waals surface area (Å²) >= 11 is 0. The highest BCUT2D eigenvalue weighted by atomic mass is 32.2. The summed E-state index contributed by atoms with van der Waals surface area (Å²) in [6.45, 7) is 6.06. The van der Waals surface area contributed by atoms with Crippen LogP contribution >= 0.6 is 0 Å². The van der Waals surface area contributed by atoms with Gasteiger partial charge in [-0.1, -0.05) is 17.7 Å². The Morgan fingerprint density at radius 3 is 2.37 bits per heavy atom. The summed E-state index contributed by atoms with van der Waals surface area (Å²) in [4.78, 5) is 15.5. The summed E-state index contributed by atoms with van der Waals surface area (Å²) < 4.78 is 29.1. The number of hydrogen-bond donors (Lipinski definition) is 0. The molecular formula is C18H20N4O4S. The number of rotatable bonds is 6. The second-order valence-corrected chi connectivity index (χ2v) is 7.93. The first-order chi connectivity index (χ1) is 12.8. The number of aryl methyl sites for hydroxylation is 2. The van der Waals surface area contributed by atoms with Crippen LogP contribution in [0, 0.1) is 17.0 Å². The molecule has 8 nitrogen and oxygen atoms in total. The maximum atomic E-state index is 13.1. The van der Waals surface area contributed by atoms with E-state index in [-0.39, 0.29) is 28.3 Å². The molecule has 3 rings (SSSR count). The summed E-state index contributed by atoms with van der Waals surface area (Å²) in [6, 6.07) is 9.54. The predicted molar refractivity (Wildman–Crippen MR) is 103 cm³/mol. The number of aromatic nitrogens is 2. The van der Waals surface area contributed by atoms with E-state index in [2.05, 4.69) is 4.98 Å². The Kier molecular flexibility index (Phi) is 4.88. The number of nitrogens with zero attached hydrogens (tertiary/aromatic N) is 4. The third-order valence-electron chi connectivity index (χ3n) is 4.43. The zero-order chi connectivity index (χ0) is 19.8. The first kappa shape index (κ1) is 18.8. The fourth-order valence-corrected chi connectivity index (χ4v) is 4.53. The highest BCUT2D eigenvalue weighted by molar-refractivity contribution is 7.92. The number of anilines is 1. The van der Waals surface area contributed by atoms with Gasteiger partial charge in [0, 0.05) is 13.1 Å². The van der Waals surface area contributed by atoms with Gasteiger partial charge in [0.1, 0.15) is 5.69 Å². The average molecular weight is 388 g/mol. The lowest BCUT2D eigenvalue weighted by atomic mass is 10.2. The number of fused-ring (bicyclic) bond motifs is 1. The van der Waals surface area contributed by atoms with Crippen molar-refractivity contribution in [1.29, 1.82) is 0 Å². The topological polar surface area (TPSA) is 98.3 Å². The average Bonchev–Trinajstić information content (AvgIpc) is 3.05. The molecule has 0 radical (unpaired) electrons. The minimum Gasteiger partial charge on any atom is -0.331 e. The number of hydrogen-bond acceptors (Lipinski definition) is 5. The van der Waals surface area contributed by atoms with Crippen LogP contribution in [0.2, 0.25) is 0 Å². The van der Waals surface area contributed by atoms with E-state index in [1.165, 1.54) is 24.5 Å². The molecule has 0 saturated heterocycles. The van der Waals surface area contributed by atoms with E-state index >= 15 is 0 Å². The van der Waals surface area contributed by atoms with Crippen molar-refractivity contribution in [3.8, 4) is 0 Å². The van der Waals surface area contributed by atoms with Gasteiger partial charge in [0.15, 0.2) is 5.52 Å². The maximum Gasteiger partial charge on any atom is 0.321 e. The molecule has 0 N–H and O–H groups in total. The summed E-state index contributed by atoms with van der Waals surface area (Å²) in [6.07, 6.45) is 1.52. The molecular weight excluding hydrogens is 368 g/mol. The van der Waals surface area contributed by atoms with Gasteiger partial charge >= 0.3 is 5.69 Å². The monoisotopic (exact) mass is 388 g/mol. The predicted octanol–water partition coefficient (Wildman–Crippen LogP) is 3.49. The van der Waals surface area contributed by atoms with Crippen LogP contribution in [0.4, 0.5) is 11.4 Å². The van der Waals surface area contributed by atoms with E-state index in [1.54, 1.807) is 29.7 Å². The number of nitro groups is 1. The van der Waals surface area contributed by atoms with E-state index in [0.717, 1.165) is 9.87 Å². The van der Waals surface area contributed by atoms with Crippen molar-refractivity contribution < 1.29 is 13.3 Å². The number of imidazole rings is 1. The van der Waals surface area contributed by atoms with Crippen molar-refractivity contribution >= 4 is 32.4 Å². The number of benzene rings is 2. The summed E-state index contributed by atoms with van der Waals surface area (Å²) in [5.41, 5.74) is 1.40. The highest BCUT2D eigenvalue weighted by Gasteiger charge is 2.32. The largest absolute Gasteiger partial charge is 0.331 e. The van der Waals surface area contributed by atoms with Gasteiger partial charge in [-0.3, -0.25) is 14.4 Å². The number of sulfonamides is 1.